The van der Waals surface area contributed by atoms with Gasteiger partial charge in [0.15, 0.2) is 0 Å². The number of piperazine rings is 1. The topological polar surface area (TPSA) is 77.9 Å². The van der Waals surface area contributed by atoms with Crippen molar-refractivity contribution < 1.29 is 32.2 Å². The first kappa shape index (κ1) is 37.7. The Morgan fingerprint density at radius 3 is 2.16 bits per heavy atom. The average Bonchev–Trinajstić information content (AvgIpc) is 3.48. The number of amides is 3. The summed E-state index contributed by atoms with van der Waals surface area (Å²) in [4.78, 5) is 40.1. The van der Waals surface area contributed by atoms with Crippen molar-refractivity contribution in [1.29, 1.82) is 0 Å². The highest BCUT2D eigenvalue weighted by molar-refractivity contribution is 6.30. The van der Waals surface area contributed by atoms with Gasteiger partial charge in [-0.3, -0.25) is 19.6 Å². The SMILES string of the molecule is CCOc1cc(C(F)(F)F)ccc1C1=NC(c2ccc(Cl)cc2)C(c2ccc(Cl)cc2)N1C(=O)N1CCN(CCN2CCOCC2)C(=O)C1.Cl. The molecule has 0 aliphatic carbocycles. The van der Waals surface area contributed by atoms with E-state index in [9.17, 15) is 22.8 Å². The zero-order valence-electron chi connectivity index (χ0n) is 27.2. The van der Waals surface area contributed by atoms with Gasteiger partial charge >= 0.3 is 12.2 Å². The lowest BCUT2D eigenvalue weighted by molar-refractivity contribution is -0.137. The molecular formula is C35H37Cl3F3N5O4. The fourth-order valence-electron chi connectivity index (χ4n) is 6.36. The average molecular weight is 755 g/mol. The maximum atomic E-state index is 14.7. The van der Waals surface area contributed by atoms with Crippen molar-refractivity contribution in [3.05, 3.63) is 99.0 Å². The van der Waals surface area contributed by atoms with Crippen LogP contribution in [-0.4, -0.2) is 103 Å². The number of urea groups is 1. The molecule has 3 aromatic rings. The summed E-state index contributed by atoms with van der Waals surface area (Å²) in [7, 11) is 0. The molecule has 2 saturated heterocycles. The van der Waals surface area contributed by atoms with Crippen molar-refractivity contribution >= 4 is 53.4 Å². The Balaban J connectivity index is 0.00000486. The van der Waals surface area contributed by atoms with Gasteiger partial charge in [0, 0.05) is 49.3 Å². The molecule has 50 heavy (non-hydrogen) atoms. The van der Waals surface area contributed by atoms with Gasteiger partial charge in [-0.2, -0.15) is 13.2 Å². The second-order valence-corrected chi connectivity index (χ2v) is 12.9. The largest absolute Gasteiger partial charge is 0.493 e. The molecule has 0 spiro atoms. The molecule has 3 aliphatic heterocycles. The van der Waals surface area contributed by atoms with Gasteiger partial charge in [-0.1, -0.05) is 47.5 Å². The molecule has 2 atom stereocenters. The zero-order valence-corrected chi connectivity index (χ0v) is 29.6. The molecule has 3 heterocycles. The second-order valence-electron chi connectivity index (χ2n) is 12.0. The maximum Gasteiger partial charge on any atom is 0.416 e. The van der Waals surface area contributed by atoms with Crippen molar-refractivity contribution in [2.45, 2.75) is 25.2 Å². The molecule has 3 aromatic carbocycles. The van der Waals surface area contributed by atoms with Crippen molar-refractivity contribution in [2.75, 3.05) is 65.6 Å². The van der Waals surface area contributed by atoms with E-state index >= 15 is 0 Å². The smallest absolute Gasteiger partial charge is 0.416 e. The Morgan fingerprint density at radius 2 is 1.56 bits per heavy atom. The van der Waals surface area contributed by atoms with Crippen molar-refractivity contribution in [3.63, 3.8) is 0 Å². The van der Waals surface area contributed by atoms with Crippen LogP contribution in [0.25, 0.3) is 0 Å². The van der Waals surface area contributed by atoms with Crippen LogP contribution in [0.4, 0.5) is 18.0 Å². The Hall–Kier alpha value is -3.55. The van der Waals surface area contributed by atoms with Crippen LogP contribution in [0.3, 0.4) is 0 Å². The fraction of sp³-hybridized carbons (Fsp3) is 0.400. The van der Waals surface area contributed by atoms with E-state index in [0.717, 1.165) is 30.8 Å². The van der Waals surface area contributed by atoms with Crippen LogP contribution in [0.15, 0.2) is 71.7 Å². The minimum atomic E-state index is -4.61. The number of aliphatic imine (C=N–C) groups is 1. The first-order chi connectivity index (χ1) is 23.5. The summed E-state index contributed by atoms with van der Waals surface area (Å²) in [6.07, 6.45) is -4.61. The van der Waals surface area contributed by atoms with Crippen molar-refractivity contribution in [1.82, 2.24) is 19.6 Å². The molecule has 0 radical (unpaired) electrons. The number of morpholine rings is 1. The van der Waals surface area contributed by atoms with Crippen LogP contribution in [0.2, 0.25) is 10.0 Å². The Labute approximate surface area is 304 Å². The van der Waals surface area contributed by atoms with Crippen LogP contribution in [0.1, 0.15) is 41.3 Å². The van der Waals surface area contributed by atoms with Crippen LogP contribution >= 0.6 is 35.6 Å². The van der Waals surface area contributed by atoms with E-state index in [1.165, 1.54) is 15.9 Å². The lowest BCUT2D eigenvalue weighted by Gasteiger charge is -2.39. The third-order valence-corrected chi connectivity index (χ3v) is 9.43. The lowest BCUT2D eigenvalue weighted by Crippen LogP contribution is -2.57. The second kappa shape index (κ2) is 16.2. The number of halogens is 6. The minimum Gasteiger partial charge on any atom is -0.493 e. The summed E-state index contributed by atoms with van der Waals surface area (Å²) in [5.74, 6) is -0.124. The van der Waals surface area contributed by atoms with E-state index in [0.29, 0.717) is 48.5 Å². The molecule has 9 nitrogen and oxygen atoms in total. The maximum absolute atomic E-state index is 14.7. The molecule has 0 bridgehead atoms. The number of ether oxygens (including phenoxy) is 2. The molecule has 15 heteroatoms. The zero-order chi connectivity index (χ0) is 34.7. The van der Waals surface area contributed by atoms with Gasteiger partial charge in [0.2, 0.25) is 5.91 Å². The summed E-state index contributed by atoms with van der Waals surface area (Å²) in [6, 6.07) is 15.3. The molecule has 268 valence electrons. The van der Waals surface area contributed by atoms with Gasteiger partial charge < -0.3 is 19.3 Å². The molecule has 0 N–H and O–H groups in total. The molecule has 2 fully saturated rings. The summed E-state index contributed by atoms with van der Waals surface area (Å²) in [5, 5.41) is 0.997. The summed E-state index contributed by atoms with van der Waals surface area (Å²) >= 11 is 12.5. The summed E-state index contributed by atoms with van der Waals surface area (Å²) in [5.41, 5.74) is 0.746. The van der Waals surface area contributed by atoms with E-state index in [2.05, 4.69) is 4.90 Å². The van der Waals surface area contributed by atoms with E-state index in [4.69, 9.17) is 37.7 Å². The molecular weight excluding hydrogens is 718 g/mol. The van der Waals surface area contributed by atoms with E-state index in [1.54, 1.807) is 60.4 Å². The van der Waals surface area contributed by atoms with Crippen LogP contribution < -0.4 is 4.74 Å². The Kier molecular flexibility index (Phi) is 12.2. The molecule has 3 amide bonds. The van der Waals surface area contributed by atoms with Crippen molar-refractivity contribution in [2.24, 2.45) is 4.99 Å². The number of hydrogen-bond donors (Lipinski definition) is 0. The van der Waals surface area contributed by atoms with Gasteiger partial charge in [-0.25, -0.2) is 4.79 Å². The number of amidine groups is 1. The van der Waals surface area contributed by atoms with E-state index in [-0.39, 0.29) is 55.2 Å². The number of benzene rings is 3. The van der Waals surface area contributed by atoms with Gasteiger partial charge in [-0.05, 0) is 60.5 Å². The standard InChI is InChI=1S/C35H36Cl2F3N5O4.ClH/c1-2-49-29-21-25(35(38,39)40)7-12-28(29)33-41-31(23-3-8-26(36)9-4-23)32(24-5-10-27(37)11-6-24)45(33)34(47)44-16-15-43(30(46)22-44)14-13-42-17-19-48-20-18-42;/h3-12,21,31-32H,2,13-20,22H2,1H3;1H. The normalized spacial score (nSPS) is 20.1. The molecule has 0 aromatic heterocycles. The number of rotatable bonds is 8. The highest BCUT2D eigenvalue weighted by Gasteiger charge is 2.46. The highest BCUT2D eigenvalue weighted by Crippen LogP contribution is 2.46. The van der Waals surface area contributed by atoms with Gasteiger partial charge in [0.05, 0.1) is 37.0 Å². The van der Waals surface area contributed by atoms with Crippen molar-refractivity contribution in [3.8, 4) is 5.75 Å². The molecule has 3 aliphatic rings. The van der Waals surface area contributed by atoms with Gasteiger partial charge in [0.1, 0.15) is 24.2 Å². The predicted octanol–water partition coefficient (Wildman–Crippen LogP) is 6.97. The Morgan fingerprint density at radius 1 is 0.920 bits per heavy atom. The quantitative estimate of drug-likeness (QED) is 0.248. The Bertz CT molecular complexity index is 1690. The van der Waals surface area contributed by atoms with E-state index in [1.807, 2.05) is 0 Å². The van der Waals surface area contributed by atoms with Crippen LogP contribution in [0.5, 0.6) is 5.75 Å². The monoisotopic (exact) mass is 753 g/mol. The van der Waals surface area contributed by atoms with E-state index < -0.39 is 29.9 Å². The number of carbonyl (C=O) groups excluding carboxylic acids is 2. The lowest BCUT2D eigenvalue weighted by atomic mass is 9.93. The van der Waals surface area contributed by atoms with Gasteiger partial charge in [-0.15, -0.1) is 12.4 Å². The third-order valence-electron chi connectivity index (χ3n) is 8.92. The number of alkyl halides is 3. The van der Waals surface area contributed by atoms with Gasteiger partial charge in [0.25, 0.3) is 0 Å². The summed E-state index contributed by atoms with van der Waals surface area (Å²) in [6.45, 7) is 6.37. The summed E-state index contributed by atoms with van der Waals surface area (Å²) < 4.78 is 52.6. The molecule has 2 unspecified atom stereocenters. The van der Waals surface area contributed by atoms with Crippen LogP contribution in [0, 0.1) is 0 Å². The van der Waals surface area contributed by atoms with Crippen LogP contribution in [-0.2, 0) is 15.7 Å². The number of hydrogen-bond acceptors (Lipinski definition) is 6. The number of nitrogens with zero attached hydrogens (tertiary/aromatic N) is 5. The third kappa shape index (κ3) is 8.32. The number of carbonyl (C=O) groups is 2. The highest BCUT2D eigenvalue weighted by atomic mass is 35.5. The fourth-order valence-corrected chi connectivity index (χ4v) is 6.61. The first-order valence-electron chi connectivity index (χ1n) is 16.1. The minimum absolute atomic E-state index is 0. The predicted molar refractivity (Wildman–Crippen MR) is 187 cm³/mol. The molecule has 0 saturated carbocycles. The molecule has 6 rings (SSSR count). The first-order valence-corrected chi connectivity index (χ1v) is 16.9.